The van der Waals surface area contributed by atoms with Crippen LogP contribution >= 0.6 is 0 Å². The maximum Gasteiger partial charge on any atom is 0.135 e. The lowest BCUT2D eigenvalue weighted by Crippen LogP contribution is -2.32. The topological polar surface area (TPSA) is 52.0 Å². The average Bonchev–Trinajstić information content (AvgIpc) is 2.79. The summed E-state index contributed by atoms with van der Waals surface area (Å²) >= 11 is 0. The normalized spacial score (nSPS) is 17.5. The van der Waals surface area contributed by atoms with E-state index in [0.717, 1.165) is 57.7 Å². The number of aromatic nitrogens is 3. The number of piperidine rings is 1. The predicted molar refractivity (Wildman–Crippen MR) is 65.9 cm³/mol. The van der Waals surface area contributed by atoms with E-state index in [2.05, 4.69) is 27.0 Å². The highest BCUT2D eigenvalue weighted by molar-refractivity contribution is 4.85. The number of nitrogens with one attached hydrogen (secondary N) is 1. The molecule has 0 aromatic carbocycles. The number of hydrogen-bond acceptors (Lipinski definition) is 4. The van der Waals surface area contributed by atoms with Gasteiger partial charge in [-0.25, -0.2) is 0 Å². The number of rotatable bonds is 6. The summed E-state index contributed by atoms with van der Waals surface area (Å²) in [7, 11) is 0. The molecular weight excluding hydrogens is 216 g/mol. The van der Waals surface area contributed by atoms with Gasteiger partial charge in [-0.05, 0) is 32.4 Å². The van der Waals surface area contributed by atoms with Crippen LogP contribution in [0, 0.1) is 0 Å². The molecule has 0 aliphatic carbocycles. The minimum absolute atomic E-state index is 0.429. The molecule has 1 N–H and O–H groups in total. The standard InChI is InChI=1S/C12H22N4O/c1-2-8-16-10-14-15-12(16)5-9-17-11-3-6-13-7-4-11/h10-11,13H,2-9H2,1H3. The van der Waals surface area contributed by atoms with Gasteiger partial charge in [0.25, 0.3) is 0 Å². The highest BCUT2D eigenvalue weighted by Gasteiger charge is 2.13. The Balaban J connectivity index is 1.71. The molecule has 0 radical (unpaired) electrons. The van der Waals surface area contributed by atoms with E-state index < -0.39 is 0 Å². The third-order valence-electron chi connectivity index (χ3n) is 3.13. The first-order chi connectivity index (χ1) is 8.40. The maximum atomic E-state index is 5.87. The van der Waals surface area contributed by atoms with Crippen molar-refractivity contribution in [3.63, 3.8) is 0 Å². The molecule has 0 bridgehead atoms. The lowest BCUT2D eigenvalue weighted by molar-refractivity contribution is 0.0339. The molecule has 0 amide bonds. The Kier molecular flexibility index (Phi) is 4.94. The lowest BCUT2D eigenvalue weighted by Gasteiger charge is -2.22. The molecule has 5 nitrogen and oxygen atoms in total. The van der Waals surface area contributed by atoms with E-state index in [1.807, 2.05) is 6.33 Å². The molecule has 1 fully saturated rings. The van der Waals surface area contributed by atoms with Crippen LogP contribution < -0.4 is 5.32 Å². The summed E-state index contributed by atoms with van der Waals surface area (Å²) in [6.07, 6.45) is 6.47. The SMILES string of the molecule is CCCn1cnnc1CCOC1CCNCC1. The van der Waals surface area contributed by atoms with Gasteiger partial charge < -0.3 is 14.6 Å². The molecular formula is C12H22N4O. The molecule has 0 unspecified atom stereocenters. The second-order valence-electron chi connectivity index (χ2n) is 4.51. The van der Waals surface area contributed by atoms with Crippen molar-refractivity contribution in [3.8, 4) is 0 Å². The van der Waals surface area contributed by atoms with Crippen molar-refractivity contribution in [2.24, 2.45) is 0 Å². The summed E-state index contributed by atoms with van der Waals surface area (Å²) in [4.78, 5) is 0. The van der Waals surface area contributed by atoms with Gasteiger partial charge in [-0.3, -0.25) is 0 Å². The van der Waals surface area contributed by atoms with Crippen LogP contribution in [0.3, 0.4) is 0 Å². The van der Waals surface area contributed by atoms with E-state index in [0.29, 0.717) is 6.10 Å². The zero-order valence-electron chi connectivity index (χ0n) is 10.6. The van der Waals surface area contributed by atoms with E-state index in [4.69, 9.17) is 4.74 Å². The molecule has 1 aromatic heterocycles. The van der Waals surface area contributed by atoms with Gasteiger partial charge in [-0.1, -0.05) is 6.92 Å². The third-order valence-corrected chi connectivity index (χ3v) is 3.13. The largest absolute Gasteiger partial charge is 0.378 e. The Bertz CT molecular complexity index is 320. The Morgan fingerprint density at radius 1 is 1.47 bits per heavy atom. The minimum atomic E-state index is 0.429. The fourth-order valence-corrected chi connectivity index (χ4v) is 2.18. The molecule has 96 valence electrons. The van der Waals surface area contributed by atoms with Gasteiger partial charge in [0.05, 0.1) is 12.7 Å². The van der Waals surface area contributed by atoms with E-state index in [1.54, 1.807) is 0 Å². The predicted octanol–water partition coefficient (Wildman–Crippen LogP) is 0.999. The summed E-state index contributed by atoms with van der Waals surface area (Å²) in [5.74, 6) is 1.04. The molecule has 2 rings (SSSR count). The molecule has 1 aromatic rings. The second-order valence-corrected chi connectivity index (χ2v) is 4.51. The first kappa shape index (κ1) is 12.5. The van der Waals surface area contributed by atoms with Crippen LogP contribution in [0.4, 0.5) is 0 Å². The summed E-state index contributed by atoms with van der Waals surface area (Å²) in [5.41, 5.74) is 0. The van der Waals surface area contributed by atoms with Gasteiger partial charge in [0.1, 0.15) is 12.2 Å². The van der Waals surface area contributed by atoms with E-state index in [-0.39, 0.29) is 0 Å². The van der Waals surface area contributed by atoms with Crippen LogP contribution in [-0.2, 0) is 17.7 Å². The smallest absolute Gasteiger partial charge is 0.135 e. The molecule has 17 heavy (non-hydrogen) atoms. The summed E-state index contributed by atoms with van der Waals surface area (Å²) in [6, 6.07) is 0. The van der Waals surface area contributed by atoms with Crippen molar-refractivity contribution >= 4 is 0 Å². The van der Waals surface area contributed by atoms with Crippen LogP contribution in [0.2, 0.25) is 0 Å². The van der Waals surface area contributed by atoms with Crippen molar-refractivity contribution in [2.45, 2.75) is 45.3 Å². The number of hydrogen-bond donors (Lipinski definition) is 1. The first-order valence-corrected chi connectivity index (χ1v) is 6.59. The maximum absolute atomic E-state index is 5.87. The van der Waals surface area contributed by atoms with E-state index in [1.165, 1.54) is 0 Å². The quantitative estimate of drug-likeness (QED) is 0.803. The van der Waals surface area contributed by atoms with Crippen molar-refractivity contribution in [3.05, 3.63) is 12.2 Å². The minimum Gasteiger partial charge on any atom is -0.378 e. The number of aryl methyl sites for hydroxylation is 1. The summed E-state index contributed by atoms with van der Waals surface area (Å²) in [5, 5.41) is 11.4. The lowest BCUT2D eigenvalue weighted by atomic mass is 10.1. The van der Waals surface area contributed by atoms with Crippen LogP contribution in [0.25, 0.3) is 0 Å². The highest BCUT2D eigenvalue weighted by Crippen LogP contribution is 2.08. The van der Waals surface area contributed by atoms with Crippen LogP contribution in [0.15, 0.2) is 6.33 Å². The Morgan fingerprint density at radius 3 is 3.06 bits per heavy atom. The molecule has 5 heteroatoms. The van der Waals surface area contributed by atoms with Crippen molar-refractivity contribution in [1.29, 1.82) is 0 Å². The fourth-order valence-electron chi connectivity index (χ4n) is 2.18. The summed E-state index contributed by atoms with van der Waals surface area (Å²) in [6.45, 7) is 6.07. The molecule has 1 saturated heterocycles. The second kappa shape index (κ2) is 6.71. The molecule has 0 saturated carbocycles. The number of ether oxygens (including phenoxy) is 1. The highest BCUT2D eigenvalue weighted by atomic mass is 16.5. The van der Waals surface area contributed by atoms with Gasteiger partial charge >= 0.3 is 0 Å². The van der Waals surface area contributed by atoms with Gasteiger partial charge in [0, 0.05) is 13.0 Å². The molecule has 0 spiro atoms. The average molecular weight is 238 g/mol. The Hall–Kier alpha value is -0.940. The van der Waals surface area contributed by atoms with E-state index >= 15 is 0 Å². The zero-order valence-corrected chi connectivity index (χ0v) is 10.6. The van der Waals surface area contributed by atoms with Crippen molar-refractivity contribution < 1.29 is 4.74 Å². The van der Waals surface area contributed by atoms with Crippen LogP contribution in [-0.4, -0.2) is 40.6 Å². The molecule has 1 aliphatic rings. The van der Waals surface area contributed by atoms with Gasteiger partial charge in [0.15, 0.2) is 0 Å². The Labute approximate surface area is 103 Å². The summed E-state index contributed by atoms with van der Waals surface area (Å²) < 4.78 is 7.99. The van der Waals surface area contributed by atoms with E-state index in [9.17, 15) is 0 Å². The Morgan fingerprint density at radius 2 is 2.29 bits per heavy atom. The molecule has 2 heterocycles. The zero-order chi connectivity index (χ0) is 11.9. The number of nitrogens with zero attached hydrogens (tertiary/aromatic N) is 3. The van der Waals surface area contributed by atoms with Crippen molar-refractivity contribution in [1.82, 2.24) is 20.1 Å². The van der Waals surface area contributed by atoms with Gasteiger partial charge in [-0.2, -0.15) is 0 Å². The van der Waals surface area contributed by atoms with Crippen molar-refractivity contribution in [2.75, 3.05) is 19.7 Å². The first-order valence-electron chi connectivity index (χ1n) is 6.59. The molecule has 1 aliphatic heterocycles. The van der Waals surface area contributed by atoms with Crippen LogP contribution in [0.1, 0.15) is 32.0 Å². The fraction of sp³-hybridized carbons (Fsp3) is 0.833. The van der Waals surface area contributed by atoms with Gasteiger partial charge in [-0.15, -0.1) is 10.2 Å². The monoisotopic (exact) mass is 238 g/mol. The van der Waals surface area contributed by atoms with Gasteiger partial charge in [0.2, 0.25) is 0 Å². The third kappa shape index (κ3) is 3.78. The van der Waals surface area contributed by atoms with Crippen LogP contribution in [0.5, 0.6) is 0 Å². The molecule has 0 atom stereocenters.